The summed E-state index contributed by atoms with van der Waals surface area (Å²) in [5.74, 6) is 0.634. The van der Waals surface area contributed by atoms with Crippen LogP contribution >= 0.6 is 0 Å². The SMILES string of the molecule is COc1cc[nH]c1C=C1C(=O)Nc2cccc(C=C[Si](C)(C)C)c21. The number of rotatable bonds is 4. The summed E-state index contributed by atoms with van der Waals surface area (Å²) in [5, 5.41) is 2.95. The summed E-state index contributed by atoms with van der Waals surface area (Å²) in [6.07, 6.45) is 5.80. The minimum absolute atomic E-state index is 0.0875. The first-order valence-electron chi connectivity index (χ1n) is 7.96. The normalized spacial score (nSPS) is 15.8. The molecule has 3 rings (SSSR count). The summed E-state index contributed by atoms with van der Waals surface area (Å²) in [4.78, 5) is 15.6. The van der Waals surface area contributed by atoms with E-state index in [1.54, 1.807) is 13.3 Å². The van der Waals surface area contributed by atoms with Crippen molar-refractivity contribution in [2.24, 2.45) is 0 Å². The molecule has 5 heteroatoms. The van der Waals surface area contributed by atoms with Crippen molar-refractivity contribution in [2.75, 3.05) is 12.4 Å². The van der Waals surface area contributed by atoms with Gasteiger partial charge in [-0.05, 0) is 23.8 Å². The quantitative estimate of drug-likeness (QED) is 0.641. The topological polar surface area (TPSA) is 54.1 Å². The van der Waals surface area contributed by atoms with Crippen LogP contribution in [-0.4, -0.2) is 26.1 Å². The zero-order valence-corrected chi connectivity index (χ0v) is 15.4. The number of anilines is 1. The van der Waals surface area contributed by atoms with Crippen molar-refractivity contribution < 1.29 is 9.53 Å². The number of nitrogens with one attached hydrogen (secondary N) is 2. The highest BCUT2D eigenvalue weighted by Gasteiger charge is 2.26. The second-order valence-electron chi connectivity index (χ2n) is 6.94. The number of hydrogen-bond donors (Lipinski definition) is 2. The molecule has 24 heavy (non-hydrogen) atoms. The third-order valence-corrected chi connectivity index (χ3v) is 5.04. The maximum atomic E-state index is 12.5. The molecule has 2 N–H and O–H groups in total. The zero-order chi connectivity index (χ0) is 17.3. The highest BCUT2D eigenvalue weighted by atomic mass is 28.3. The van der Waals surface area contributed by atoms with Crippen LogP contribution in [0.4, 0.5) is 5.69 Å². The van der Waals surface area contributed by atoms with Gasteiger partial charge in [-0.25, -0.2) is 0 Å². The highest BCUT2D eigenvalue weighted by molar-refractivity contribution is 6.81. The number of methoxy groups -OCH3 is 1. The Labute approximate surface area is 143 Å². The lowest BCUT2D eigenvalue weighted by molar-refractivity contribution is -0.110. The summed E-state index contributed by atoms with van der Waals surface area (Å²) in [6.45, 7) is 6.86. The molecule has 0 saturated carbocycles. The van der Waals surface area contributed by atoms with Crippen molar-refractivity contribution in [3.05, 3.63) is 53.0 Å². The zero-order valence-electron chi connectivity index (χ0n) is 14.4. The molecule has 0 unspecified atom stereocenters. The van der Waals surface area contributed by atoms with E-state index in [4.69, 9.17) is 4.74 Å². The summed E-state index contributed by atoms with van der Waals surface area (Å²) in [5.41, 5.74) is 6.60. The van der Waals surface area contributed by atoms with Crippen LogP contribution in [0, 0.1) is 0 Å². The Bertz CT molecular complexity index is 841. The van der Waals surface area contributed by atoms with Gasteiger partial charge >= 0.3 is 0 Å². The lowest BCUT2D eigenvalue weighted by Gasteiger charge is -2.10. The molecule has 0 atom stereocenters. The number of fused-ring (bicyclic) bond motifs is 1. The van der Waals surface area contributed by atoms with E-state index >= 15 is 0 Å². The van der Waals surface area contributed by atoms with Gasteiger partial charge in [-0.15, -0.1) is 0 Å². The van der Waals surface area contributed by atoms with E-state index < -0.39 is 8.07 Å². The van der Waals surface area contributed by atoms with Crippen LogP contribution in [0.5, 0.6) is 5.75 Å². The summed E-state index contributed by atoms with van der Waals surface area (Å²) >= 11 is 0. The maximum absolute atomic E-state index is 12.5. The molecule has 1 aliphatic heterocycles. The van der Waals surface area contributed by atoms with E-state index in [2.05, 4.69) is 47.8 Å². The Morgan fingerprint density at radius 2 is 1.96 bits per heavy atom. The van der Waals surface area contributed by atoms with Gasteiger partial charge in [0.15, 0.2) is 0 Å². The van der Waals surface area contributed by atoms with Gasteiger partial charge in [-0.1, -0.05) is 43.5 Å². The standard InChI is InChI=1S/C19H22N2O2Si/c1-23-17-8-10-20-16(17)12-14-18-13(9-11-24(2,3)4)6-5-7-15(18)21-19(14)22/h5-12,20H,1-4H3,(H,21,22). The number of aromatic amines is 1. The molecule has 1 aromatic carbocycles. The van der Waals surface area contributed by atoms with Crippen molar-refractivity contribution in [2.45, 2.75) is 19.6 Å². The van der Waals surface area contributed by atoms with Gasteiger partial charge < -0.3 is 15.0 Å². The number of aromatic nitrogens is 1. The molecule has 2 aromatic rings. The third-order valence-electron chi connectivity index (χ3n) is 3.87. The van der Waals surface area contributed by atoms with Crippen LogP contribution in [0.3, 0.4) is 0 Å². The van der Waals surface area contributed by atoms with Gasteiger partial charge in [0.25, 0.3) is 5.91 Å². The first-order valence-corrected chi connectivity index (χ1v) is 11.5. The number of H-pyrrole nitrogens is 1. The largest absolute Gasteiger partial charge is 0.495 e. The summed E-state index contributed by atoms with van der Waals surface area (Å²) in [6, 6.07) is 7.81. The van der Waals surface area contributed by atoms with Gasteiger partial charge in [0.2, 0.25) is 0 Å². The Morgan fingerprint density at radius 3 is 2.67 bits per heavy atom. The van der Waals surface area contributed by atoms with E-state index in [1.807, 2.05) is 24.3 Å². The molecule has 124 valence electrons. The molecule has 0 fully saturated rings. The Morgan fingerprint density at radius 1 is 1.17 bits per heavy atom. The van der Waals surface area contributed by atoms with Gasteiger partial charge in [0.1, 0.15) is 5.75 Å². The summed E-state index contributed by atoms with van der Waals surface area (Å²) in [7, 11) is 0.300. The lowest BCUT2D eigenvalue weighted by Crippen LogP contribution is -2.15. The number of carbonyl (C=O) groups excluding carboxylic acids is 1. The minimum atomic E-state index is -1.32. The minimum Gasteiger partial charge on any atom is -0.495 e. The fraction of sp³-hybridized carbons (Fsp3) is 0.211. The van der Waals surface area contributed by atoms with E-state index in [1.165, 1.54) is 0 Å². The van der Waals surface area contributed by atoms with E-state index in [-0.39, 0.29) is 5.91 Å². The van der Waals surface area contributed by atoms with Gasteiger partial charge in [0.05, 0.1) is 26.5 Å². The molecule has 0 aliphatic carbocycles. The van der Waals surface area contributed by atoms with E-state index in [0.717, 1.165) is 28.3 Å². The van der Waals surface area contributed by atoms with Crippen molar-refractivity contribution in [3.63, 3.8) is 0 Å². The number of carbonyl (C=O) groups is 1. The first-order chi connectivity index (χ1) is 11.4. The number of hydrogen-bond acceptors (Lipinski definition) is 2. The molecule has 4 nitrogen and oxygen atoms in total. The molecule has 0 spiro atoms. The second kappa shape index (κ2) is 6.17. The smallest absolute Gasteiger partial charge is 0.256 e. The van der Waals surface area contributed by atoms with Gasteiger partial charge in [0, 0.05) is 17.4 Å². The first kappa shape index (κ1) is 16.3. The van der Waals surface area contributed by atoms with Crippen LogP contribution in [0.1, 0.15) is 16.8 Å². The number of amides is 1. The van der Waals surface area contributed by atoms with Crippen LogP contribution in [-0.2, 0) is 4.79 Å². The Hall–Kier alpha value is -2.53. The number of benzene rings is 1. The Balaban J connectivity index is 2.11. The third kappa shape index (κ3) is 3.21. The predicted molar refractivity (Wildman–Crippen MR) is 103 cm³/mol. The monoisotopic (exact) mass is 338 g/mol. The van der Waals surface area contributed by atoms with Gasteiger partial charge in [-0.3, -0.25) is 4.79 Å². The molecule has 0 bridgehead atoms. The molecule has 0 saturated heterocycles. The van der Waals surface area contributed by atoms with Gasteiger partial charge in [-0.2, -0.15) is 0 Å². The molecule has 1 aliphatic rings. The molecule has 1 aromatic heterocycles. The fourth-order valence-electron chi connectivity index (χ4n) is 2.70. The van der Waals surface area contributed by atoms with Crippen LogP contribution in [0.2, 0.25) is 19.6 Å². The average molecular weight is 338 g/mol. The van der Waals surface area contributed by atoms with Crippen molar-refractivity contribution in [1.82, 2.24) is 4.98 Å². The average Bonchev–Trinajstić information content (AvgIpc) is 3.09. The van der Waals surface area contributed by atoms with E-state index in [9.17, 15) is 4.79 Å². The van der Waals surface area contributed by atoms with E-state index in [0.29, 0.717) is 5.57 Å². The Kier molecular flexibility index (Phi) is 4.20. The lowest BCUT2D eigenvalue weighted by atomic mass is 9.99. The molecule has 1 amide bonds. The number of ether oxygens (including phenoxy) is 1. The van der Waals surface area contributed by atoms with Crippen LogP contribution in [0.25, 0.3) is 17.7 Å². The summed E-state index contributed by atoms with van der Waals surface area (Å²) < 4.78 is 5.33. The second-order valence-corrected chi connectivity index (χ2v) is 12.0. The van der Waals surface area contributed by atoms with Crippen molar-refractivity contribution >= 4 is 37.4 Å². The molecular weight excluding hydrogens is 316 g/mol. The highest BCUT2D eigenvalue weighted by Crippen LogP contribution is 2.37. The van der Waals surface area contributed by atoms with Crippen LogP contribution < -0.4 is 10.1 Å². The van der Waals surface area contributed by atoms with Crippen molar-refractivity contribution in [1.29, 1.82) is 0 Å². The maximum Gasteiger partial charge on any atom is 0.256 e. The van der Waals surface area contributed by atoms with Crippen LogP contribution in [0.15, 0.2) is 36.2 Å². The predicted octanol–water partition coefficient (Wildman–Crippen LogP) is 4.41. The van der Waals surface area contributed by atoms with Crippen molar-refractivity contribution in [3.8, 4) is 5.75 Å². The molecule has 0 radical (unpaired) electrons. The molecular formula is C19H22N2O2Si. The molecule has 2 heterocycles. The fourth-order valence-corrected chi connectivity index (χ4v) is 3.38.